The van der Waals surface area contributed by atoms with Crippen molar-refractivity contribution in [3.8, 4) is 0 Å². The van der Waals surface area contributed by atoms with Crippen LogP contribution in [0.15, 0.2) is 58.9 Å². The lowest BCUT2D eigenvalue weighted by Crippen LogP contribution is -2.46. The molecular weight excluding hydrogens is 358 g/mol. The van der Waals surface area contributed by atoms with Crippen LogP contribution in [0.25, 0.3) is 10.2 Å². The summed E-state index contributed by atoms with van der Waals surface area (Å²) in [7, 11) is 0. The number of benzene rings is 2. The molecule has 2 aromatic carbocycles. The molecule has 3 N–H and O–H groups in total. The third-order valence-electron chi connectivity index (χ3n) is 4.73. The molecule has 0 bridgehead atoms. The Kier molecular flexibility index (Phi) is 5.08. The molecule has 1 aliphatic heterocycles. The number of aromatic nitrogens is 1. The van der Waals surface area contributed by atoms with Crippen LogP contribution in [0.5, 0.6) is 0 Å². The second kappa shape index (κ2) is 7.81. The number of nitrogens with one attached hydrogen (secondary N) is 1. The summed E-state index contributed by atoms with van der Waals surface area (Å²) in [6.07, 6.45) is 0. The van der Waals surface area contributed by atoms with Gasteiger partial charge in [0.05, 0.1) is 16.8 Å². The van der Waals surface area contributed by atoms with Crippen LogP contribution in [0.4, 0.5) is 5.69 Å². The van der Waals surface area contributed by atoms with Crippen LogP contribution in [-0.4, -0.2) is 41.9 Å². The maximum absolute atomic E-state index is 8.05. The summed E-state index contributed by atoms with van der Waals surface area (Å²) in [5.74, 6) is 5.19. The monoisotopic (exact) mass is 379 g/mol. The van der Waals surface area contributed by atoms with Gasteiger partial charge in [0, 0.05) is 37.4 Å². The zero-order valence-electron chi connectivity index (χ0n) is 14.9. The third-order valence-corrected chi connectivity index (χ3v) is 5.75. The van der Waals surface area contributed by atoms with Crippen molar-refractivity contribution in [1.82, 2.24) is 9.88 Å². The van der Waals surface area contributed by atoms with Gasteiger partial charge in [0.2, 0.25) is 0 Å². The first-order chi connectivity index (χ1) is 13.2. The first-order valence-corrected chi connectivity index (χ1v) is 9.67. The van der Waals surface area contributed by atoms with Gasteiger partial charge in [-0.1, -0.05) is 29.5 Å². The van der Waals surface area contributed by atoms with E-state index < -0.39 is 0 Å². The summed E-state index contributed by atoms with van der Waals surface area (Å²) in [4.78, 5) is 9.47. The molecule has 8 heteroatoms. The zero-order chi connectivity index (χ0) is 18.6. The molecule has 1 aliphatic rings. The van der Waals surface area contributed by atoms with Crippen molar-refractivity contribution < 1.29 is 0 Å². The van der Waals surface area contributed by atoms with Crippen molar-refractivity contribution >= 4 is 33.1 Å². The average molecular weight is 379 g/mol. The molecule has 1 fully saturated rings. The van der Waals surface area contributed by atoms with E-state index in [9.17, 15) is 0 Å². The Morgan fingerprint density at radius 3 is 2.59 bits per heavy atom. The number of hydrogen-bond donors (Lipinski definition) is 2. The van der Waals surface area contributed by atoms with Crippen LogP contribution >= 0.6 is 11.3 Å². The van der Waals surface area contributed by atoms with Gasteiger partial charge in [-0.15, -0.1) is 16.5 Å². The minimum atomic E-state index is 0.0880. The summed E-state index contributed by atoms with van der Waals surface area (Å²) >= 11 is 1.77. The summed E-state index contributed by atoms with van der Waals surface area (Å²) < 4.78 is 1.24. The molecule has 0 atom stereocenters. The summed E-state index contributed by atoms with van der Waals surface area (Å²) in [5.41, 5.74) is 2.85. The molecule has 0 spiro atoms. The lowest BCUT2D eigenvalue weighted by atomic mass is 10.1. The van der Waals surface area contributed by atoms with Crippen LogP contribution in [-0.2, 0) is 6.54 Å². The lowest BCUT2D eigenvalue weighted by molar-refractivity contribution is 0.249. The molecule has 0 radical (unpaired) electrons. The number of nitrogens with two attached hydrogens (primary N) is 1. The summed E-state index contributed by atoms with van der Waals surface area (Å²) in [6, 6.07) is 16.1. The number of para-hydroxylation sites is 2. The second-order valence-corrected chi connectivity index (χ2v) is 7.53. The molecule has 4 rings (SSSR count). The molecule has 1 saturated heterocycles. The number of hydrogen-bond acceptors (Lipinski definition) is 6. The lowest BCUT2D eigenvalue weighted by Gasteiger charge is -2.36. The van der Waals surface area contributed by atoms with Gasteiger partial charge >= 0.3 is 0 Å². The van der Waals surface area contributed by atoms with Gasteiger partial charge in [0.1, 0.15) is 5.01 Å². The van der Waals surface area contributed by atoms with Crippen LogP contribution in [0.2, 0.25) is 0 Å². The van der Waals surface area contributed by atoms with Crippen molar-refractivity contribution in [1.29, 1.82) is 5.41 Å². The van der Waals surface area contributed by atoms with Gasteiger partial charge in [-0.3, -0.25) is 10.3 Å². The summed E-state index contributed by atoms with van der Waals surface area (Å²) in [5, 5.41) is 16.1. The molecule has 1 aromatic heterocycles. The van der Waals surface area contributed by atoms with Gasteiger partial charge in [-0.05, 0) is 24.3 Å². The van der Waals surface area contributed by atoms with Gasteiger partial charge in [0.15, 0.2) is 5.84 Å². The molecule has 0 saturated carbocycles. The van der Waals surface area contributed by atoms with E-state index in [4.69, 9.17) is 16.2 Å². The van der Waals surface area contributed by atoms with Crippen LogP contribution in [0.3, 0.4) is 0 Å². The Labute approximate surface area is 161 Å². The van der Waals surface area contributed by atoms with E-state index in [2.05, 4.69) is 38.3 Å². The first-order valence-electron chi connectivity index (χ1n) is 8.85. The van der Waals surface area contributed by atoms with Crippen LogP contribution in [0, 0.1) is 5.41 Å². The molecular formula is C19H21N7S. The zero-order valence-corrected chi connectivity index (χ0v) is 15.7. The Hall–Kier alpha value is -2.84. The van der Waals surface area contributed by atoms with Crippen LogP contribution < -0.4 is 10.7 Å². The van der Waals surface area contributed by atoms with Gasteiger partial charge in [-0.25, -0.2) is 4.98 Å². The second-order valence-electron chi connectivity index (χ2n) is 6.42. The maximum Gasteiger partial charge on any atom is 0.178 e. The normalized spacial score (nSPS) is 15.6. The highest BCUT2D eigenvalue weighted by atomic mass is 32.1. The number of fused-ring (bicyclic) bond motifs is 1. The fourth-order valence-corrected chi connectivity index (χ4v) is 4.40. The number of piperazine rings is 1. The molecule has 138 valence electrons. The maximum atomic E-state index is 8.05. The van der Waals surface area contributed by atoms with E-state index in [1.54, 1.807) is 11.3 Å². The fourth-order valence-electron chi connectivity index (χ4n) is 3.39. The predicted octanol–water partition coefficient (Wildman–Crippen LogP) is 3.27. The first kappa shape index (κ1) is 17.6. The van der Waals surface area contributed by atoms with Crippen LogP contribution in [0.1, 0.15) is 10.6 Å². The fraction of sp³-hybridized carbons (Fsp3) is 0.263. The van der Waals surface area contributed by atoms with Gasteiger partial charge in [0.25, 0.3) is 0 Å². The van der Waals surface area contributed by atoms with Gasteiger partial charge < -0.3 is 10.7 Å². The standard InChI is InChI=1S/C19H21N7S/c20-19(23-24-21)14-5-1-3-7-16(14)26-11-9-25(10-12-26)13-18-22-15-6-2-4-8-17(15)27-18/h1-8H,9-13H2,(H3,20,21,23). The van der Waals surface area contributed by atoms with Crippen molar-refractivity contribution in [2.45, 2.75) is 6.54 Å². The van der Waals surface area contributed by atoms with E-state index in [0.29, 0.717) is 0 Å². The average Bonchev–Trinajstić information content (AvgIpc) is 3.11. The number of rotatable bonds is 4. The molecule has 0 amide bonds. The number of nitrogens with zero attached hydrogens (tertiary/aromatic N) is 5. The summed E-state index contributed by atoms with van der Waals surface area (Å²) in [6.45, 7) is 4.59. The Morgan fingerprint density at radius 2 is 1.81 bits per heavy atom. The minimum absolute atomic E-state index is 0.0880. The molecule has 27 heavy (non-hydrogen) atoms. The molecule has 2 heterocycles. The molecule has 7 nitrogen and oxygen atoms in total. The Balaban J connectivity index is 1.43. The smallest absolute Gasteiger partial charge is 0.178 e. The highest BCUT2D eigenvalue weighted by molar-refractivity contribution is 7.18. The minimum Gasteiger partial charge on any atom is -0.368 e. The highest BCUT2D eigenvalue weighted by Crippen LogP contribution is 2.25. The van der Waals surface area contributed by atoms with E-state index in [-0.39, 0.29) is 5.84 Å². The SMILES string of the molecule is N=C(/N=N\N)c1ccccc1N1CCN(Cc2nc3ccccc3s2)CC1. The van der Waals surface area contributed by atoms with Crippen molar-refractivity contribution in [3.05, 3.63) is 59.1 Å². The van der Waals surface area contributed by atoms with E-state index in [0.717, 1.165) is 54.5 Å². The van der Waals surface area contributed by atoms with E-state index in [1.807, 2.05) is 30.3 Å². The van der Waals surface area contributed by atoms with Crippen molar-refractivity contribution in [3.63, 3.8) is 0 Å². The van der Waals surface area contributed by atoms with Crippen molar-refractivity contribution in [2.75, 3.05) is 31.1 Å². The predicted molar refractivity (Wildman–Crippen MR) is 109 cm³/mol. The van der Waals surface area contributed by atoms with Crippen molar-refractivity contribution in [2.24, 2.45) is 16.2 Å². The largest absolute Gasteiger partial charge is 0.368 e. The quantitative estimate of drug-likeness (QED) is 0.239. The molecule has 0 unspecified atom stereocenters. The highest BCUT2D eigenvalue weighted by Gasteiger charge is 2.21. The number of thiazole rings is 1. The number of anilines is 1. The van der Waals surface area contributed by atoms with E-state index >= 15 is 0 Å². The Morgan fingerprint density at radius 1 is 1.07 bits per heavy atom. The number of amidine groups is 1. The third kappa shape index (κ3) is 3.81. The Bertz CT molecular complexity index is 940. The molecule has 3 aromatic rings. The van der Waals surface area contributed by atoms with E-state index in [1.165, 1.54) is 4.70 Å². The van der Waals surface area contributed by atoms with Gasteiger partial charge in [-0.2, -0.15) is 0 Å². The molecule has 0 aliphatic carbocycles. The topological polar surface area (TPSA) is 94.0 Å².